The second kappa shape index (κ2) is 9.28. The van der Waals surface area contributed by atoms with Crippen LogP contribution in [0.5, 0.6) is 0 Å². The number of anilines is 2. The van der Waals surface area contributed by atoms with Crippen molar-refractivity contribution in [3.8, 4) is 0 Å². The molecule has 3 heterocycles. The maximum Gasteiger partial charge on any atom is 0.256 e. The second-order valence-electron chi connectivity index (χ2n) is 7.07. The van der Waals surface area contributed by atoms with Gasteiger partial charge >= 0.3 is 0 Å². The third-order valence-corrected chi connectivity index (χ3v) is 6.15. The summed E-state index contributed by atoms with van der Waals surface area (Å²) in [5.41, 5.74) is 1.27. The number of thioether (sulfide) groups is 1. The van der Waals surface area contributed by atoms with E-state index in [4.69, 9.17) is 4.74 Å². The fourth-order valence-electron chi connectivity index (χ4n) is 3.42. The van der Waals surface area contributed by atoms with Crippen LogP contribution in [0.1, 0.15) is 23.2 Å². The quantitative estimate of drug-likeness (QED) is 0.710. The van der Waals surface area contributed by atoms with Gasteiger partial charge in [0.15, 0.2) is 0 Å². The molecule has 0 unspecified atom stereocenters. The van der Waals surface area contributed by atoms with E-state index in [-0.39, 0.29) is 17.9 Å². The Morgan fingerprint density at radius 3 is 2.97 bits per heavy atom. The first-order chi connectivity index (χ1) is 14.2. The molecule has 4 rings (SSSR count). The minimum Gasteiger partial charge on any atom is -0.377 e. The highest BCUT2D eigenvalue weighted by Crippen LogP contribution is 2.27. The van der Waals surface area contributed by atoms with Crippen LogP contribution in [0, 0.1) is 0 Å². The largest absolute Gasteiger partial charge is 0.377 e. The van der Waals surface area contributed by atoms with Crippen molar-refractivity contribution < 1.29 is 14.3 Å². The fourth-order valence-corrected chi connectivity index (χ4v) is 4.54. The van der Waals surface area contributed by atoms with Gasteiger partial charge in [-0.3, -0.25) is 9.59 Å². The van der Waals surface area contributed by atoms with Crippen LogP contribution < -0.4 is 15.5 Å². The number of benzene rings is 1. The summed E-state index contributed by atoms with van der Waals surface area (Å²) in [5.74, 6) is 1.41. The molecule has 1 aromatic heterocycles. The number of pyridine rings is 1. The highest BCUT2D eigenvalue weighted by atomic mass is 32.2. The number of piperazine rings is 1. The highest BCUT2D eigenvalue weighted by Gasteiger charge is 2.19. The molecular formula is C21H24N4O3S. The molecule has 0 bridgehead atoms. The molecule has 152 valence electrons. The highest BCUT2D eigenvalue weighted by molar-refractivity contribution is 7.99. The van der Waals surface area contributed by atoms with E-state index in [9.17, 15) is 9.59 Å². The number of rotatable bonds is 6. The van der Waals surface area contributed by atoms with Crippen LogP contribution in [0.15, 0.2) is 47.5 Å². The Morgan fingerprint density at radius 1 is 1.31 bits per heavy atom. The SMILES string of the molecule is O=C1CN(c2ccc(NC(=O)c3ccccc3SC[C@@H]3CCCO3)cn2)CCN1. The number of hydrogen-bond acceptors (Lipinski definition) is 6. The summed E-state index contributed by atoms with van der Waals surface area (Å²) in [6.07, 6.45) is 4.09. The molecule has 2 aromatic rings. The number of aromatic nitrogens is 1. The first kappa shape index (κ1) is 19.7. The molecule has 0 aliphatic carbocycles. The van der Waals surface area contributed by atoms with Crippen molar-refractivity contribution in [3.05, 3.63) is 48.2 Å². The molecule has 2 N–H and O–H groups in total. The molecule has 2 amide bonds. The minimum absolute atomic E-state index is 0.00691. The van der Waals surface area contributed by atoms with E-state index in [2.05, 4.69) is 15.6 Å². The smallest absolute Gasteiger partial charge is 0.256 e. The Kier molecular flexibility index (Phi) is 6.31. The number of carbonyl (C=O) groups is 2. The van der Waals surface area contributed by atoms with Crippen LogP contribution in [-0.2, 0) is 9.53 Å². The van der Waals surface area contributed by atoms with Crippen LogP contribution in [0.2, 0.25) is 0 Å². The van der Waals surface area contributed by atoms with Crippen LogP contribution in [0.3, 0.4) is 0 Å². The number of amides is 2. The fraction of sp³-hybridized carbons (Fsp3) is 0.381. The average Bonchev–Trinajstić information content (AvgIpc) is 3.27. The summed E-state index contributed by atoms with van der Waals surface area (Å²) in [6.45, 7) is 2.46. The lowest BCUT2D eigenvalue weighted by Gasteiger charge is -2.27. The van der Waals surface area contributed by atoms with Gasteiger partial charge in [-0.05, 0) is 37.1 Å². The molecule has 2 saturated heterocycles. The third-order valence-electron chi connectivity index (χ3n) is 4.95. The van der Waals surface area contributed by atoms with Gasteiger partial charge in [-0.15, -0.1) is 11.8 Å². The summed E-state index contributed by atoms with van der Waals surface area (Å²) in [7, 11) is 0. The zero-order chi connectivity index (χ0) is 20.1. The van der Waals surface area contributed by atoms with Gasteiger partial charge in [0.25, 0.3) is 5.91 Å². The first-order valence-electron chi connectivity index (χ1n) is 9.81. The Balaban J connectivity index is 1.39. The number of nitrogens with zero attached hydrogens (tertiary/aromatic N) is 2. The molecule has 0 spiro atoms. The van der Waals surface area contributed by atoms with Gasteiger partial charge in [-0.25, -0.2) is 4.98 Å². The van der Waals surface area contributed by atoms with Gasteiger partial charge < -0.3 is 20.3 Å². The normalized spacial score (nSPS) is 19.1. The van der Waals surface area contributed by atoms with E-state index in [0.717, 1.165) is 42.5 Å². The zero-order valence-corrected chi connectivity index (χ0v) is 16.9. The predicted molar refractivity (Wildman–Crippen MR) is 114 cm³/mol. The molecule has 2 aliphatic rings. The lowest BCUT2D eigenvalue weighted by atomic mass is 10.2. The summed E-state index contributed by atoms with van der Waals surface area (Å²) >= 11 is 1.66. The Bertz CT molecular complexity index is 868. The number of hydrogen-bond donors (Lipinski definition) is 2. The van der Waals surface area contributed by atoms with Crippen molar-refractivity contribution in [2.75, 3.05) is 42.2 Å². The Labute approximate surface area is 174 Å². The van der Waals surface area contributed by atoms with Gasteiger partial charge in [-0.1, -0.05) is 12.1 Å². The van der Waals surface area contributed by atoms with Crippen LogP contribution in [0.4, 0.5) is 11.5 Å². The monoisotopic (exact) mass is 412 g/mol. The standard InChI is InChI=1S/C21H24N4O3S/c26-20-13-25(10-9-22-20)19-8-7-15(12-23-19)24-21(27)17-5-1-2-6-18(17)29-14-16-4-3-11-28-16/h1-2,5-8,12,16H,3-4,9-11,13-14H2,(H,22,26)(H,24,27)/t16-/m0/s1. The maximum absolute atomic E-state index is 12.8. The zero-order valence-electron chi connectivity index (χ0n) is 16.1. The second-order valence-corrected chi connectivity index (χ2v) is 8.13. The summed E-state index contributed by atoms with van der Waals surface area (Å²) < 4.78 is 5.68. The average molecular weight is 413 g/mol. The molecule has 29 heavy (non-hydrogen) atoms. The number of ether oxygens (including phenoxy) is 1. The molecule has 2 fully saturated rings. The number of nitrogens with one attached hydrogen (secondary N) is 2. The first-order valence-corrected chi connectivity index (χ1v) is 10.8. The summed E-state index contributed by atoms with van der Waals surface area (Å²) in [5, 5.41) is 5.72. The molecule has 1 atom stereocenters. The van der Waals surface area contributed by atoms with Crippen LogP contribution >= 0.6 is 11.8 Å². The van der Waals surface area contributed by atoms with Crippen molar-refractivity contribution in [1.82, 2.24) is 10.3 Å². The van der Waals surface area contributed by atoms with Crippen LogP contribution in [0.25, 0.3) is 0 Å². The summed E-state index contributed by atoms with van der Waals surface area (Å²) in [4.78, 5) is 31.6. The van der Waals surface area contributed by atoms with E-state index < -0.39 is 0 Å². The Morgan fingerprint density at radius 2 is 2.21 bits per heavy atom. The van der Waals surface area contributed by atoms with Crippen LogP contribution in [-0.4, -0.2) is 54.9 Å². The van der Waals surface area contributed by atoms with Gasteiger partial charge in [0.2, 0.25) is 5.91 Å². The topological polar surface area (TPSA) is 83.6 Å². The van der Waals surface area contributed by atoms with Crippen molar-refractivity contribution in [1.29, 1.82) is 0 Å². The van der Waals surface area contributed by atoms with Crippen molar-refractivity contribution >= 4 is 35.1 Å². The van der Waals surface area contributed by atoms with E-state index in [1.807, 2.05) is 41.3 Å². The van der Waals surface area contributed by atoms with Gasteiger partial charge in [0, 0.05) is 30.3 Å². The van der Waals surface area contributed by atoms with Crippen molar-refractivity contribution in [3.63, 3.8) is 0 Å². The maximum atomic E-state index is 12.8. The lowest BCUT2D eigenvalue weighted by molar-refractivity contribution is -0.120. The van der Waals surface area contributed by atoms with Gasteiger partial charge in [0.1, 0.15) is 5.82 Å². The van der Waals surface area contributed by atoms with E-state index >= 15 is 0 Å². The predicted octanol–water partition coefficient (Wildman–Crippen LogP) is 2.54. The summed E-state index contributed by atoms with van der Waals surface area (Å²) in [6, 6.07) is 11.3. The molecular weight excluding hydrogens is 388 g/mol. The molecule has 8 heteroatoms. The molecule has 1 aromatic carbocycles. The van der Waals surface area contributed by atoms with E-state index in [0.29, 0.717) is 24.3 Å². The van der Waals surface area contributed by atoms with E-state index in [1.54, 1.807) is 18.0 Å². The Hall–Kier alpha value is -2.58. The lowest BCUT2D eigenvalue weighted by Crippen LogP contribution is -2.48. The minimum atomic E-state index is -0.160. The van der Waals surface area contributed by atoms with Gasteiger partial charge in [-0.2, -0.15) is 0 Å². The molecule has 2 aliphatic heterocycles. The van der Waals surface area contributed by atoms with Crippen molar-refractivity contribution in [2.45, 2.75) is 23.8 Å². The third kappa shape index (κ3) is 5.07. The molecule has 7 nitrogen and oxygen atoms in total. The van der Waals surface area contributed by atoms with Gasteiger partial charge in [0.05, 0.1) is 30.1 Å². The van der Waals surface area contributed by atoms with E-state index in [1.165, 1.54) is 0 Å². The van der Waals surface area contributed by atoms with Crippen molar-refractivity contribution in [2.24, 2.45) is 0 Å². The molecule has 0 radical (unpaired) electrons. The molecule has 0 saturated carbocycles. The number of carbonyl (C=O) groups excluding carboxylic acids is 2.